The molecule has 0 amide bonds. The predicted octanol–water partition coefficient (Wildman–Crippen LogP) is 8.43. The lowest BCUT2D eigenvalue weighted by atomic mass is 9.80. The molecule has 0 spiro atoms. The number of pyridine rings is 1. The van der Waals surface area contributed by atoms with Crippen LogP contribution in [0.2, 0.25) is 0 Å². The van der Waals surface area contributed by atoms with Crippen molar-refractivity contribution in [3.63, 3.8) is 0 Å². The number of hydrogen-bond donors (Lipinski definition) is 2. The van der Waals surface area contributed by atoms with Gasteiger partial charge in [0.15, 0.2) is 0 Å². The zero-order valence-electron chi connectivity index (χ0n) is 22.6. The second-order valence-corrected chi connectivity index (χ2v) is 10.9. The van der Waals surface area contributed by atoms with Crippen LogP contribution in [0, 0.1) is 5.41 Å². The average molecular weight is 516 g/mol. The summed E-state index contributed by atoms with van der Waals surface area (Å²) in [5.74, 6) is 0. The van der Waals surface area contributed by atoms with Gasteiger partial charge in [-0.05, 0) is 57.7 Å². The molecule has 0 radical (unpaired) electrons. The van der Waals surface area contributed by atoms with Gasteiger partial charge < -0.3 is 5.32 Å². The molecule has 0 bridgehead atoms. The fourth-order valence-corrected chi connectivity index (χ4v) is 6.12. The van der Waals surface area contributed by atoms with Crippen molar-refractivity contribution in [1.82, 2.24) is 10.3 Å². The van der Waals surface area contributed by atoms with E-state index in [-0.39, 0.29) is 5.41 Å². The molecular weight excluding hydrogens is 486 g/mol. The molecule has 1 aliphatic carbocycles. The first-order valence-corrected chi connectivity index (χ1v) is 13.7. The van der Waals surface area contributed by atoms with E-state index in [2.05, 4.69) is 97.0 Å². The molecule has 7 rings (SSSR count). The number of allylic oxidation sites excluding steroid dienone is 1. The van der Waals surface area contributed by atoms with Crippen molar-refractivity contribution in [1.29, 1.82) is 5.41 Å². The molecule has 0 unspecified atom stereocenters. The molecule has 4 aromatic carbocycles. The summed E-state index contributed by atoms with van der Waals surface area (Å²) in [5.41, 5.74) is 13.2. The van der Waals surface area contributed by atoms with Crippen molar-refractivity contribution in [2.24, 2.45) is 0 Å². The maximum atomic E-state index is 9.56. The normalized spacial score (nSPS) is 15.7. The summed E-state index contributed by atoms with van der Waals surface area (Å²) in [5, 5.41) is 13.3. The van der Waals surface area contributed by atoms with Gasteiger partial charge in [0.05, 0.1) is 22.8 Å². The Hall–Kier alpha value is -5.02. The minimum Gasteiger partial charge on any atom is -0.353 e. The van der Waals surface area contributed by atoms with Crippen LogP contribution in [0.25, 0.3) is 34.2 Å². The van der Waals surface area contributed by atoms with Gasteiger partial charge >= 0.3 is 0 Å². The van der Waals surface area contributed by atoms with Crippen LogP contribution in [0.5, 0.6) is 0 Å². The van der Waals surface area contributed by atoms with Crippen LogP contribution >= 0.6 is 0 Å². The van der Waals surface area contributed by atoms with E-state index in [1.165, 1.54) is 22.3 Å². The van der Waals surface area contributed by atoms with E-state index in [9.17, 15) is 5.41 Å². The number of rotatable bonds is 4. The SMILES string of the molecule is CC1(C)c2ccccc2-c2ccc(/C(C(=N)c3ccccc3)=C3/NC(c4ccccn4)=Cc4ccccc43)cc21. The fraction of sp³-hybridized carbons (Fsp3) is 0.0811. The molecule has 1 aliphatic heterocycles. The Balaban J connectivity index is 1.49. The van der Waals surface area contributed by atoms with Gasteiger partial charge in [-0.2, -0.15) is 0 Å². The Morgan fingerprint density at radius 3 is 2.17 bits per heavy atom. The third-order valence-corrected chi connectivity index (χ3v) is 8.17. The molecule has 0 saturated heterocycles. The zero-order chi connectivity index (χ0) is 27.3. The number of aromatic nitrogens is 1. The first kappa shape index (κ1) is 24.1. The van der Waals surface area contributed by atoms with Gasteiger partial charge in [-0.25, -0.2) is 0 Å². The largest absolute Gasteiger partial charge is 0.353 e. The fourth-order valence-electron chi connectivity index (χ4n) is 6.12. The smallest absolute Gasteiger partial charge is 0.0864 e. The first-order valence-electron chi connectivity index (χ1n) is 13.7. The van der Waals surface area contributed by atoms with E-state index in [0.717, 1.165) is 44.9 Å². The third-order valence-electron chi connectivity index (χ3n) is 8.17. The van der Waals surface area contributed by atoms with Crippen molar-refractivity contribution >= 4 is 28.8 Å². The van der Waals surface area contributed by atoms with Gasteiger partial charge in [0.25, 0.3) is 0 Å². The van der Waals surface area contributed by atoms with Crippen LogP contribution in [-0.2, 0) is 5.41 Å². The second-order valence-electron chi connectivity index (χ2n) is 10.9. The van der Waals surface area contributed by atoms with Gasteiger partial charge in [0, 0.05) is 28.3 Å². The van der Waals surface area contributed by atoms with Crippen LogP contribution in [0.3, 0.4) is 0 Å². The topological polar surface area (TPSA) is 48.8 Å². The Morgan fingerprint density at radius 1 is 0.675 bits per heavy atom. The van der Waals surface area contributed by atoms with E-state index in [4.69, 9.17) is 0 Å². The lowest BCUT2D eigenvalue weighted by molar-refractivity contribution is 0.660. The summed E-state index contributed by atoms with van der Waals surface area (Å²) in [7, 11) is 0. The number of fused-ring (bicyclic) bond motifs is 4. The van der Waals surface area contributed by atoms with E-state index in [1.54, 1.807) is 0 Å². The van der Waals surface area contributed by atoms with E-state index < -0.39 is 0 Å². The quantitative estimate of drug-likeness (QED) is 0.236. The zero-order valence-corrected chi connectivity index (χ0v) is 22.6. The summed E-state index contributed by atoms with van der Waals surface area (Å²) in [6.45, 7) is 4.60. The van der Waals surface area contributed by atoms with Gasteiger partial charge in [0.2, 0.25) is 0 Å². The lowest BCUT2D eigenvalue weighted by Gasteiger charge is -2.27. The number of hydrogen-bond acceptors (Lipinski definition) is 3. The van der Waals surface area contributed by atoms with E-state index >= 15 is 0 Å². The molecule has 2 heterocycles. The Bertz CT molecular complexity index is 1840. The van der Waals surface area contributed by atoms with Gasteiger partial charge in [-0.1, -0.05) is 111 Å². The number of benzene rings is 4. The molecule has 1 aromatic heterocycles. The van der Waals surface area contributed by atoms with Crippen LogP contribution in [0.15, 0.2) is 121 Å². The highest BCUT2D eigenvalue weighted by molar-refractivity contribution is 6.36. The number of nitrogens with one attached hydrogen (secondary N) is 2. The van der Waals surface area contributed by atoms with E-state index in [0.29, 0.717) is 5.71 Å². The highest BCUT2D eigenvalue weighted by Gasteiger charge is 2.36. The van der Waals surface area contributed by atoms with Crippen LogP contribution in [-0.4, -0.2) is 10.7 Å². The molecule has 0 fully saturated rings. The monoisotopic (exact) mass is 515 g/mol. The van der Waals surface area contributed by atoms with Crippen LogP contribution < -0.4 is 5.32 Å². The second kappa shape index (κ2) is 9.32. The van der Waals surface area contributed by atoms with Crippen molar-refractivity contribution in [3.05, 3.63) is 161 Å². The minimum absolute atomic E-state index is 0.135. The van der Waals surface area contributed by atoms with Gasteiger partial charge in [-0.15, -0.1) is 0 Å². The molecule has 0 atom stereocenters. The van der Waals surface area contributed by atoms with Crippen LogP contribution in [0.4, 0.5) is 0 Å². The van der Waals surface area contributed by atoms with Crippen molar-refractivity contribution in [3.8, 4) is 11.1 Å². The molecule has 40 heavy (non-hydrogen) atoms. The Labute approximate surface area is 235 Å². The molecule has 3 nitrogen and oxygen atoms in total. The summed E-state index contributed by atoms with van der Waals surface area (Å²) < 4.78 is 0. The highest BCUT2D eigenvalue weighted by Crippen LogP contribution is 2.49. The summed E-state index contributed by atoms with van der Waals surface area (Å²) >= 11 is 0. The van der Waals surface area contributed by atoms with Gasteiger partial charge in [-0.3, -0.25) is 10.4 Å². The Morgan fingerprint density at radius 2 is 1.38 bits per heavy atom. The molecule has 2 aliphatic rings. The Kier molecular flexibility index (Phi) is 5.60. The summed E-state index contributed by atoms with van der Waals surface area (Å²) in [6, 6.07) is 39.8. The standard InChI is InChI=1S/C37H29N3/c1-37(2)30-17-9-8-16-28(30)29-20-19-26(22-31(29)37)34(35(38)24-12-4-3-5-13-24)36-27-15-7-6-14-25(27)23-33(40-36)32-18-10-11-21-39-32/h3-23,38,40H,1-2H3/b36-34-,38-35?. The average Bonchev–Trinajstić information content (AvgIpc) is 3.24. The molecule has 2 N–H and O–H groups in total. The van der Waals surface area contributed by atoms with Crippen molar-refractivity contribution in [2.45, 2.75) is 19.3 Å². The van der Waals surface area contributed by atoms with E-state index in [1.807, 2.05) is 54.7 Å². The molecule has 3 heteroatoms. The highest BCUT2D eigenvalue weighted by atomic mass is 14.9. The first-order chi connectivity index (χ1) is 19.5. The summed E-state index contributed by atoms with van der Waals surface area (Å²) in [4.78, 5) is 4.63. The van der Waals surface area contributed by atoms with Crippen molar-refractivity contribution < 1.29 is 0 Å². The molecule has 192 valence electrons. The summed E-state index contributed by atoms with van der Waals surface area (Å²) in [6.07, 6.45) is 3.96. The lowest BCUT2D eigenvalue weighted by Crippen LogP contribution is -2.21. The third kappa shape index (κ3) is 3.82. The van der Waals surface area contributed by atoms with Gasteiger partial charge in [0.1, 0.15) is 0 Å². The van der Waals surface area contributed by atoms with Crippen LogP contribution in [0.1, 0.15) is 52.9 Å². The molecular formula is C37H29N3. The maximum absolute atomic E-state index is 9.56. The molecule has 5 aromatic rings. The maximum Gasteiger partial charge on any atom is 0.0864 e. The molecule has 0 saturated carbocycles. The minimum atomic E-state index is -0.135. The predicted molar refractivity (Wildman–Crippen MR) is 166 cm³/mol. The number of nitrogens with zero attached hydrogens (tertiary/aromatic N) is 1. The van der Waals surface area contributed by atoms with Crippen molar-refractivity contribution in [2.75, 3.05) is 0 Å².